The minimum absolute atomic E-state index is 0.794. The Hall–Kier alpha value is -0.940. The van der Waals surface area contributed by atoms with Gasteiger partial charge in [0.1, 0.15) is 0 Å². The van der Waals surface area contributed by atoms with E-state index in [0.717, 1.165) is 39.0 Å². The molecule has 1 aromatic carbocycles. The molecule has 2 rings (SSSR count). The molecule has 1 aliphatic heterocycles. The summed E-state index contributed by atoms with van der Waals surface area (Å²) < 4.78 is 0. The van der Waals surface area contributed by atoms with E-state index in [1.54, 1.807) is 0 Å². The summed E-state index contributed by atoms with van der Waals surface area (Å²) in [6, 6.07) is 9.05. The molecule has 1 aliphatic rings. The Balaban J connectivity index is 1.69. The second-order valence-electron chi connectivity index (χ2n) is 6.07. The Morgan fingerprint density at radius 2 is 1.67 bits per heavy atom. The van der Waals surface area contributed by atoms with Crippen LogP contribution in [-0.2, 0) is 13.1 Å². The van der Waals surface area contributed by atoms with E-state index in [1.807, 2.05) is 0 Å². The maximum Gasteiger partial charge on any atom is 0.0234 e. The first-order valence-corrected chi connectivity index (χ1v) is 8.17. The van der Waals surface area contributed by atoms with Gasteiger partial charge in [0.05, 0.1) is 0 Å². The predicted molar refractivity (Wildman–Crippen MR) is 89.2 cm³/mol. The Kier molecular flexibility index (Phi) is 7.16. The monoisotopic (exact) mass is 290 g/mol. The number of nitrogens with one attached hydrogen (secondary N) is 1. The lowest BCUT2D eigenvalue weighted by molar-refractivity contribution is 0.148. The molecule has 0 spiro atoms. The maximum atomic E-state index is 5.49. The average molecular weight is 290 g/mol. The normalized spacial score (nSPS) is 17.2. The molecule has 118 valence electrons. The molecular formula is C17H30N4. The molecule has 1 fully saturated rings. The first kappa shape index (κ1) is 16.4. The highest BCUT2D eigenvalue weighted by Gasteiger charge is 2.13. The van der Waals surface area contributed by atoms with Crippen molar-refractivity contribution in [2.45, 2.75) is 25.9 Å². The van der Waals surface area contributed by atoms with Crippen LogP contribution in [0.25, 0.3) is 0 Å². The lowest BCUT2D eigenvalue weighted by Crippen LogP contribution is -2.43. The second kappa shape index (κ2) is 9.15. The minimum Gasteiger partial charge on any atom is -0.330 e. The molecule has 0 aliphatic carbocycles. The standard InChI is InChI=1S/C17H30N4/c1-20-10-12-21(13-11-20)15-17-6-4-16(5-7-17)14-19-9-3-2-8-18/h4-7,19H,2-3,8-15,18H2,1H3. The van der Waals surface area contributed by atoms with Crippen molar-refractivity contribution >= 4 is 0 Å². The third kappa shape index (κ3) is 6.14. The number of benzene rings is 1. The number of piperazine rings is 1. The molecule has 4 nitrogen and oxygen atoms in total. The molecular weight excluding hydrogens is 260 g/mol. The second-order valence-corrected chi connectivity index (χ2v) is 6.07. The molecule has 0 atom stereocenters. The lowest BCUT2D eigenvalue weighted by Gasteiger charge is -2.32. The van der Waals surface area contributed by atoms with Gasteiger partial charge in [-0.2, -0.15) is 0 Å². The fourth-order valence-corrected chi connectivity index (χ4v) is 2.65. The summed E-state index contributed by atoms with van der Waals surface area (Å²) in [6.45, 7) is 8.62. The molecule has 1 heterocycles. The quantitative estimate of drug-likeness (QED) is 0.708. The summed E-state index contributed by atoms with van der Waals surface area (Å²) in [5.41, 5.74) is 8.28. The van der Waals surface area contributed by atoms with Crippen LogP contribution in [0.5, 0.6) is 0 Å². The maximum absolute atomic E-state index is 5.49. The Morgan fingerprint density at radius 3 is 2.33 bits per heavy atom. The van der Waals surface area contributed by atoms with Gasteiger partial charge in [-0.1, -0.05) is 24.3 Å². The van der Waals surface area contributed by atoms with E-state index in [4.69, 9.17) is 5.73 Å². The molecule has 1 saturated heterocycles. The van der Waals surface area contributed by atoms with E-state index in [0.29, 0.717) is 0 Å². The largest absolute Gasteiger partial charge is 0.330 e. The van der Waals surface area contributed by atoms with E-state index in [1.165, 1.54) is 37.3 Å². The Morgan fingerprint density at radius 1 is 1.00 bits per heavy atom. The van der Waals surface area contributed by atoms with Crippen molar-refractivity contribution in [2.75, 3.05) is 46.3 Å². The van der Waals surface area contributed by atoms with Crippen molar-refractivity contribution in [3.05, 3.63) is 35.4 Å². The van der Waals surface area contributed by atoms with E-state index in [2.05, 4.69) is 46.4 Å². The van der Waals surface area contributed by atoms with Gasteiger partial charge < -0.3 is 16.0 Å². The van der Waals surface area contributed by atoms with Gasteiger partial charge in [0.15, 0.2) is 0 Å². The van der Waals surface area contributed by atoms with Crippen LogP contribution in [0.4, 0.5) is 0 Å². The van der Waals surface area contributed by atoms with Crippen molar-refractivity contribution in [3.8, 4) is 0 Å². The molecule has 4 heteroatoms. The summed E-state index contributed by atoms with van der Waals surface area (Å²) >= 11 is 0. The van der Waals surface area contributed by atoms with Gasteiger partial charge in [-0.25, -0.2) is 0 Å². The molecule has 21 heavy (non-hydrogen) atoms. The Bertz CT molecular complexity index is 382. The summed E-state index contributed by atoms with van der Waals surface area (Å²) in [6.07, 6.45) is 2.27. The molecule has 0 amide bonds. The van der Waals surface area contributed by atoms with Crippen molar-refractivity contribution in [2.24, 2.45) is 5.73 Å². The summed E-state index contributed by atoms with van der Waals surface area (Å²) in [5, 5.41) is 3.47. The minimum atomic E-state index is 0.794. The number of hydrogen-bond donors (Lipinski definition) is 2. The number of nitrogens with zero attached hydrogens (tertiary/aromatic N) is 2. The van der Waals surface area contributed by atoms with Gasteiger partial charge in [-0.05, 0) is 44.1 Å². The third-order valence-corrected chi connectivity index (χ3v) is 4.16. The topological polar surface area (TPSA) is 44.5 Å². The number of likely N-dealkylation sites (N-methyl/N-ethyl adjacent to an activating group) is 1. The van der Waals surface area contributed by atoms with Crippen LogP contribution in [0.1, 0.15) is 24.0 Å². The molecule has 0 unspecified atom stereocenters. The van der Waals surface area contributed by atoms with Crippen LogP contribution < -0.4 is 11.1 Å². The van der Waals surface area contributed by atoms with E-state index < -0.39 is 0 Å². The molecule has 0 radical (unpaired) electrons. The van der Waals surface area contributed by atoms with E-state index in [9.17, 15) is 0 Å². The van der Waals surface area contributed by atoms with Gasteiger partial charge >= 0.3 is 0 Å². The van der Waals surface area contributed by atoms with Gasteiger partial charge in [0.2, 0.25) is 0 Å². The molecule has 0 bridgehead atoms. The first-order chi connectivity index (χ1) is 10.3. The zero-order valence-corrected chi connectivity index (χ0v) is 13.4. The summed E-state index contributed by atoms with van der Waals surface area (Å²) in [7, 11) is 2.20. The molecule has 1 aromatic rings. The zero-order chi connectivity index (χ0) is 14.9. The summed E-state index contributed by atoms with van der Waals surface area (Å²) in [4.78, 5) is 4.94. The fraction of sp³-hybridized carbons (Fsp3) is 0.647. The van der Waals surface area contributed by atoms with Gasteiger partial charge in [0.25, 0.3) is 0 Å². The highest BCUT2D eigenvalue weighted by molar-refractivity contribution is 5.22. The fourth-order valence-electron chi connectivity index (χ4n) is 2.65. The molecule has 0 saturated carbocycles. The average Bonchev–Trinajstić information content (AvgIpc) is 2.51. The van der Waals surface area contributed by atoms with E-state index >= 15 is 0 Å². The van der Waals surface area contributed by atoms with Gasteiger partial charge in [-0.15, -0.1) is 0 Å². The number of unbranched alkanes of at least 4 members (excludes halogenated alkanes) is 1. The van der Waals surface area contributed by atoms with Crippen LogP contribution in [0.3, 0.4) is 0 Å². The van der Waals surface area contributed by atoms with E-state index in [-0.39, 0.29) is 0 Å². The molecule has 3 N–H and O–H groups in total. The number of hydrogen-bond acceptors (Lipinski definition) is 4. The summed E-state index contributed by atoms with van der Waals surface area (Å²) in [5.74, 6) is 0. The smallest absolute Gasteiger partial charge is 0.0234 e. The Labute approximate surface area is 129 Å². The van der Waals surface area contributed by atoms with Crippen molar-refractivity contribution < 1.29 is 0 Å². The van der Waals surface area contributed by atoms with Crippen molar-refractivity contribution in [1.29, 1.82) is 0 Å². The lowest BCUT2D eigenvalue weighted by atomic mass is 10.1. The number of nitrogens with two attached hydrogens (primary N) is 1. The van der Waals surface area contributed by atoms with Gasteiger partial charge in [0, 0.05) is 39.3 Å². The SMILES string of the molecule is CN1CCN(Cc2ccc(CNCCCCN)cc2)CC1. The van der Waals surface area contributed by atoms with Crippen LogP contribution in [0.15, 0.2) is 24.3 Å². The third-order valence-electron chi connectivity index (χ3n) is 4.16. The zero-order valence-electron chi connectivity index (χ0n) is 13.4. The molecule has 0 aromatic heterocycles. The van der Waals surface area contributed by atoms with Crippen LogP contribution in [0.2, 0.25) is 0 Å². The van der Waals surface area contributed by atoms with Crippen molar-refractivity contribution in [1.82, 2.24) is 15.1 Å². The first-order valence-electron chi connectivity index (χ1n) is 8.17. The predicted octanol–water partition coefficient (Wildman–Crippen LogP) is 1.26. The highest BCUT2D eigenvalue weighted by atomic mass is 15.2. The van der Waals surface area contributed by atoms with Gasteiger partial charge in [-0.3, -0.25) is 4.90 Å². The van der Waals surface area contributed by atoms with Crippen LogP contribution in [0, 0.1) is 0 Å². The number of rotatable bonds is 8. The van der Waals surface area contributed by atoms with Crippen LogP contribution >= 0.6 is 0 Å². The highest BCUT2D eigenvalue weighted by Crippen LogP contribution is 2.09. The van der Waals surface area contributed by atoms with Crippen LogP contribution in [-0.4, -0.2) is 56.1 Å². The van der Waals surface area contributed by atoms with Crippen molar-refractivity contribution in [3.63, 3.8) is 0 Å².